The first-order valence-electron chi connectivity index (χ1n) is 11.7. The Balaban J connectivity index is 1.24. The van der Waals surface area contributed by atoms with Crippen LogP contribution in [0.3, 0.4) is 0 Å². The van der Waals surface area contributed by atoms with Crippen molar-refractivity contribution in [2.24, 2.45) is 0 Å². The number of ether oxygens (including phenoxy) is 2. The van der Waals surface area contributed by atoms with Crippen molar-refractivity contribution < 1.29 is 19.1 Å². The normalized spacial score (nSPS) is 15.7. The van der Waals surface area contributed by atoms with E-state index in [0.717, 1.165) is 22.7 Å². The number of rotatable bonds is 6. The molecule has 2 aliphatic rings. The molecule has 3 aromatic rings. The summed E-state index contributed by atoms with van der Waals surface area (Å²) in [5.41, 5.74) is 2.80. The molecule has 1 saturated heterocycles. The maximum absolute atomic E-state index is 13.2. The molecule has 0 radical (unpaired) electrons. The van der Waals surface area contributed by atoms with Crippen LogP contribution in [0, 0.1) is 0 Å². The molecule has 1 aromatic heterocycles. The van der Waals surface area contributed by atoms with Crippen LogP contribution in [0.5, 0.6) is 11.5 Å². The maximum Gasteiger partial charge on any atom is 0.274 e. The lowest BCUT2D eigenvalue weighted by Gasteiger charge is -2.36. The van der Waals surface area contributed by atoms with Gasteiger partial charge in [-0.3, -0.25) is 14.3 Å². The molecule has 2 aliphatic heterocycles. The van der Waals surface area contributed by atoms with Crippen molar-refractivity contribution in [1.82, 2.24) is 19.6 Å². The Labute approximate surface area is 204 Å². The van der Waals surface area contributed by atoms with E-state index in [1.54, 1.807) is 34.8 Å². The minimum absolute atomic E-state index is 0.119. The van der Waals surface area contributed by atoms with Crippen LogP contribution in [0.1, 0.15) is 26.5 Å². The monoisotopic (exact) mass is 475 g/mol. The summed E-state index contributed by atoms with van der Waals surface area (Å²) in [5.74, 6) is 1.33. The fourth-order valence-corrected chi connectivity index (χ4v) is 4.69. The van der Waals surface area contributed by atoms with Crippen molar-refractivity contribution in [3.63, 3.8) is 0 Å². The molecule has 2 aromatic carbocycles. The van der Waals surface area contributed by atoms with E-state index >= 15 is 0 Å². The Morgan fingerprint density at radius 1 is 0.914 bits per heavy atom. The summed E-state index contributed by atoms with van der Waals surface area (Å²) < 4.78 is 12.4. The first-order valence-corrected chi connectivity index (χ1v) is 11.7. The van der Waals surface area contributed by atoms with E-state index in [1.165, 1.54) is 0 Å². The third-order valence-electron chi connectivity index (χ3n) is 6.59. The molecule has 35 heavy (non-hydrogen) atoms. The fraction of sp³-hybridized carbons (Fsp3) is 0.346. The van der Waals surface area contributed by atoms with Crippen LogP contribution in [0.15, 0.2) is 54.6 Å². The van der Waals surface area contributed by atoms with Crippen molar-refractivity contribution in [1.29, 1.82) is 0 Å². The van der Waals surface area contributed by atoms with E-state index in [9.17, 15) is 9.59 Å². The van der Waals surface area contributed by atoms with Gasteiger partial charge in [-0.15, -0.1) is 0 Å². The Morgan fingerprint density at radius 2 is 1.71 bits per heavy atom. The summed E-state index contributed by atoms with van der Waals surface area (Å²) in [6, 6.07) is 17.2. The molecule has 0 spiro atoms. The van der Waals surface area contributed by atoms with Gasteiger partial charge in [0.05, 0.1) is 26.5 Å². The van der Waals surface area contributed by atoms with Gasteiger partial charge in [-0.1, -0.05) is 24.3 Å². The molecule has 0 unspecified atom stereocenters. The van der Waals surface area contributed by atoms with Gasteiger partial charge in [0, 0.05) is 45.3 Å². The lowest BCUT2D eigenvalue weighted by molar-refractivity contribution is 0.0680. The van der Waals surface area contributed by atoms with Gasteiger partial charge in [-0.2, -0.15) is 5.10 Å². The minimum Gasteiger partial charge on any atom is -0.497 e. The lowest BCUT2D eigenvalue weighted by Crippen LogP contribution is -2.49. The van der Waals surface area contributed by atoms with Crippen LogP contribution >= 0.6 is 0 Å². The number of aromatic nitrogens is 2. The summed E-state index contributed by atoms with van der Waals surface area (Å²) in [6.45, 7) is 4.13. The molecule has 0 bridgehead atoms. The maximum atomic E-state index is 13.2. The smallest absolute Gasteiger partial charge is 0.274 e. The predicted octanol–water partition coefficient (Wildman–Crippen LogP) is 2.52. The number of hydrogen-bond acceptors (Lipinski definition) is 6. The molecular formula is C26H29N5O4. The van der Waals surface area contributed by atoms with Crippen molar-refractivity contribution in [2.75, 3.05) is 51.8 Å². The van der Waals surface area contributed by atoms with Crippen LogP contribution in [-0.4, -0.2) is 78.3 Å². The van der Waals surface area contributed by atoms with Gasteiger partial charge >= 0.3 is 0 Å². The van der Waals surface area contributed by atoms with Gasteiger partial charge in [0.15, 0.2) is 5.69 Å². The van der Waals surface area contributed by atoms with Crippen LogP contribution < -0.4 is 14.4 Å². The Bertz CT molecular complexity index is 1230. The highest BCUT2D eigenvalue weighted by atomic mass is 16.5. The Morgan fingerprint density at radius 3 is 2.49 bits per heavy atom. The molecule has 2 amide bonds. The largest absolute Gasteiger partial charge is 0.497 e. The van der Waals surface area contributed by atoms with Crippen molar-refractivity contribution >= 4 is 17.5 Å². The van der Waals surface area contributed by atoms with Gasteiger partial charge in [0.2, 0.25) is 0 Å². The number of nitrogens with zero attached hydrogens (tertiary/aromatic N) is 5. The van der Waals surface area contributed by atoms with E-state index in [1.807, 2.05) is 48.5 Å². The zero-order valence-electron chi connectivity index (χ0n) is 20.0. The van der Waals surface area contributed by atoms with Crippen LogP contribution in [0.4, 0.5) is 5.69 Å². The number of anilines is 1. The van der Waals surface area contributed by atoms with E-state index in [0.29, 0.717) is 57.2 Å². The van der Waals surface area contributed by atoms with Crippen molar-refractivity contribution in [3.8, 4) is 11.5 Å². The highest BCUT2D eigenvalue weighted by molar-refractivity contribution is 5.98. The van der Waals surface area contributed by atoms with Crippen molar-refractivity contribution in [3.05, 3.63) is 71.5 Å². The summed E-state index contributed by atoms with van der Waals surface area (Å²) in [4.78, 5) is 32.2. The number of hydrogen-bond donors (Lipinski definition) is 0. The SMILES string of the molecule is COc1cccc(CN2CCn3nc(C(=O)N4CCN(c5ccccc5OC)CC4)cc3C2=O)c1. The molecule has 0 aliphatic carbocycles. The van der Waals surface area contributed by atoms with Crippen LogP contribution in [0.2, 0.25) is 0 Å². The van der Waals surface area contributed by atoms with Crippen LogP contribution in [0.25, 0.3) is 0 Å². The fourth-order valence-electron chi connectivity index (χ4n) is 4.69. The lowest BCUT2D eigenvalue weighted by atomic mass is 10.1. The second-order valence-electron chi connectivity index (χ2n) is 8.67. The van der Waals surface area contributed by atoms with Gasteiger partial charge in [0.1, 0.15) is 17.2 Å². The zero-order chi connectivity index (χ0) is 24.4. The second-order valence-corrected chi connectivity index (χ2v) is 8.67. The van der Waals surface area contributed by atoms with Crippen LogP contribution in [-0.2, 0) is 13.1 Å². The topological polar surface area (TPSA) is 80.1 Å². The van der Waals surface area contributed by atoms with Gasteiger partial charge < -0.3 is 24.2 Å². The molecule has 1 fully saturated rings. The standard InChI is InChI=1S/C26H29N5O4/c1-34-20-7-5-6-19(16-20)18-30-14-15-31-23(26(30)33)17-21(27-31)25(32)29-12-10-28(11-13-29)22-8-3-4-9-24(22)35-2/h3-9,16-17H,10-15,18H2,1-2H3. The summed E-state index contributed by atoms with van der Waals surface area (Å²) in [7, 11) is 3.29. The third-order valence-corrected chi connectivity index (χ3v) is 6.59. The predicted molar refractivity (Wildman–Crippen MR) is 131 cm³/mol. The first kappa shape index (κ1) is 22.8. The highest BCUT2D eigenvalue weighted by Gasteiger charge is 2.30. The average Bonchev–Trinajstić information content (AvgIpc) is 3.35. The number of carbonyl (C=O) groups excluding carboxylic acids is 2. The Kier molecular flexibility index (Phi) is 6.31. The number of carbonyl (C=O) groups is 2. The molecule has 3 heterocycles. The van der Waals surface area contributed by atoms with Crippen molar-refractivity contribution in [2.45, 2.75) is 13.1 Å². The van der Waals surface area contributed by atoms with Gasteiger partial charge in [0.25, 0.3) is 11.8 Å². The number of para-hydroxylation sites is 2. The molecular weight excluding hydrogens is 446 g/mol. The minimum atomic E-state index is -0.140. The zero-order valence-corrected chi connectivity index (χ0v) is 20.0. The molecule has 0 N–H and O–H groups in total. The van der Waals surface area contributed by atoms with Gasteiger partial charge in [-0.25, -0.2) is 0 Å². The summed E-state index contributed by atoms with van der Waals surface area (Å²) in [5, 5.41) is 4.47. The first-order chi connectivity index (χ1) is 17.1. The average molecular weight is 476 g/mol. The molecule has 182 valence electrons. The highest BCUT2D eigenvalue weighted by Crippen LogP contribution is 2.28. The summed E-state index contributed by atoms with van der Waals surface area (Å²) >= 11 is 0. The molecule has 5 rings (SSSR count). The number of amides is 2. The van der Waals surface area contributed by atoms with E-state index < -0.39 is 0 Å². The van der Waals surface area contributed by atoms with Gasteiger partial charge in [-0.05, 0) is 29.8 Å². The third kappa shape index (κ3) is 4.53. The van der Waals surface area contributed by atoms with E-state index in [-0.39, 0.29) is 11.8 Å². The molecule has 0 atom stereocenters. The number of benzene rings is 2. The number of fused-ring (bicyclic) bond motifs is 1. The van der Waals surface area contributed by atoms with E-state index in [4.69, 9.17) is 9.47 Å². The van der Waals surface area contributed by atoms with E-state index in [2.05, 4.69) is 10.00 Å². The Hall–Kier alpha value is -4.01. The molecule has 9 nitrogen and oxygen atoms in total. The number of piperazine rings is 1. The quantitative estimate of drug-likeness (QED) is 0.545. The second kappa shape index (κ2) is 9.69. The molecule has 0 saturated carbocycles. The molecule has 9 heteroatoms. The summed E-state index contributed by atoms with van der Waals surface area (Å²) in [6.07, 6.45) is 0. The number of methoxy groups -OCH3 is 2.